The minimum absolute atomic E-state index is 0.0264. The van der Waals surface area contributed by atoms with E-state index >= 15 is 0 Å². The van der Waals surface area contributed by atoms with Gasteiger partial charge in [0, 0.05) is 17.3 Å². The second-order valence-corrected chi connectivity index (χ2v) is 4.65. The van der Waals surface area contributed by atoms with Crippen LogP contribution in [-0.2, 0) is 6.18 Å². The standard InChI is InChI=1S/C13H6Cl2F3NO/c14-8-2-1-3-9(15)10(8)12-11(13(16,17)18)7(6-20)4-5-19-12/h1-6H. The zero-order chi connectivity index (χ0) is 14.9. The van der Waals surface area contributed by atoms with Crippen molar-refractivity contribution < 1.29 is 18.0 Å². The number of benzene rings is 1. The molecule has 0 saturated heterocycles. The lowest BCUT2D eigenvalue weighted by Gasteiger charge is -2.15. The van der Waals surface area contributed by atoms with E-state index < -0.39 is 23.0 Å². The number of nitrogens with zero attached hydrogens (tertiary/aromatic N) is 1. The smallest absolute Gasteiger partial charge is 0.298 e. The van der Waals surface area contributed by atoms with Crippen molar-refractivity contribution in [1.82, 2.24) is 4.98 Å². The maximum absolute atomic E-state index is 13.2. The first-order valence-corrected chi connectivity index (χ1v) is 6.07. The van der Waals surface area contributed by atoms with E-state index in [0.717, 1.165) is 12.3 Å². The summed E-state index contributed by atoms with van der Waals surface area (Å²) in [6.45, 7) is 0. The monoisotopic (exact) mass is 319 g/mol. The molecule has 7 heteroatoms. The number of aldehydes is 1. The summed E-state index contributed by atoms with van der Waals surface area (Å²) < 4.78 is 39.5. The van der Waals surface area contributed by atoms with E-state index in [1.54, 1.807) is 0 Å². The third-order valence-corrected chi connectivity index (χ3v) is 3.22. The molecule has 0 aliphatic heterocycles. The molecule has 2 nitrogen and oxygen atoms in total. The second-order valence-electron chi connectivity index (χ2n) is 3.84. The van der Waals surface area contributed by atoms with Crippen LogP contribution in [0.15, 0.2) is 30.5 Å². The lowest BCUT2D eigenvalue weighted by Crippen LogP contribution is -2.12. The maximum atomic E-state index is 13.2. The predicted molar refractivity (Wildman–Crippen MR) is 70.1 cm³/mol. The molecule has 20 heavy (non-hydrogen) atoms. The molecule has 1 heterocycles. The first kappa shape index (κ1) is 14.8. The Morgan fingerprint density at radius 1 is 1.10 bits per heavy atom. The van der Waals surface area contributed by atoms with Gasteiger partial charge in [0.25, 0.3) is 0 Å². The summed E-state index contributed by atoms with van der Waals surface area (Å²) in [5.74, 6) is 0. The lowest BCUT2D eigenvalue weighted by atomic mass is 10.0. The Kier molecular flexibility index (Phi) is 4.01. The van der Waals surface area contributed by atoms with Crippen LogP contribution in [-0.4, -0.2) is 11.3 Å². The number of hydrogen-bond donors (Lipinski definition) is 0. The summed E-state index contributed by atoms with van der Waals surface area (Å²) in [6.07, 6.45) is -3.52. The van der Waals surface area contributed by atoms with E-state index in [-0.39, 0.29) is 21.9 Å². The van der Waals surface area contributed by atoms with Gasteiger partial charge in [-0.3, -0.25) is 9.78 Å². The fourth-order valence-electron chi connectivity index (χ4n) is 1.79. The molecule has 1 aromatic carbocycles. The summed E-state index contributed by atoms with van der Waals surface area (Å²) in [7, 11) is 0. The molecule has 0 atom stereocenters. The summed E-state index contributed by atoms with van der Waals surface area (Å²) >= 11 is 11.8. The van der Waals surface area contributed by atoms with Gasteiger partial charge in [0.15, 0.2) is 6.29 Å². The molecular formula is C13H6Cl2F3NO. The van der Waals surface area contributed by atoms with Crippen molar-refractivity contribution in [3.63, 3.8) is 0 Å². The molecule has 0 bridgehead atoms. The van der Waals surface area contributed by atoms with Crippen LogP contribution in [0.1, 0.15) is 15.9 Å². The Balaban J connectivity index is 2.85. The van der Waals surface area contributed by atoms with Crippen LogP contribution >= 0.6 is 23.2 Å². The van der Waals surface area contributed by atoms with Gasteiger partial charge in [0.1, 0.15) is 0 Å². The van der Waals surface area contributed by atoms with Crippen molar-refractivity contribution in [1.29, 1.82) is 0 Å². The van der Waals surface area contributed by atoms with Crippen molar-refractivity contribution in [2.45, 2.75) is 6.18 Å². The summed E-state index contributed by atoms with van der Waals surface area (Å²) in [5, 5.41) is 0.0529. The minimum atomic E-state index is -4.75. The molecule has 2 rings (SSSR count). The fraction of sp³-hybridized carbons (Fsp3) is 0.0769. The molecule has 0 aliphatic rings. The SMILES string of the molecule is O=Cc1ccnc(-c2c(Cl)cccc2Cl)c1C(F)(F)F. The van der Waals surface area contributed by atoms with E-state index in [4.69, 9.17) is 23.2 Å². The maximum Gasteiger partial charge on any atom is 0.419 e. The van der Waals surface area contributed by atoms with Gasteiger partial charge in [-0.1, -0.05) is 29.3 Å². The van der Waals surface area contributed by atoms with Crippen molar-refractivity contribution in [2.75, 3.05) is 0 Å². The van der Waals surface area contributed by atoms with Gasteiger partial charge in [-0.2, -0.15) is 13.2 Å². The van der Waals surface area contributed by atoms with Crippen LogP contribution in [0.25, 0.3) is 11.3 Å². The highest BCUT2D eigenvalue weighted by atomic mass is 35.5. The number of pyridine rings is 1. The summed E-state index contributed by atoms with van der Waals surface area (Å²) in [5.41, 5.74) is -2.17. The van der Waals surface area contributed by atoms with Gasteiger partial charge in [-0.25, -0.2) is 0 Å². The van der Waals surface area contributed by atoms with Gasteiger partial charge in [0.05, 0.1) is 21.3 Å². The molecule has 0 radical (unpaired) electrons. The molecule has 0 N–H and O–H groups in total. The highest BCUT2D eigenvalue weighted by Gasteiger charge is 2.38. The highest BCUT2D eigenvalue weighted by molar-refractivity contribution is 6.39. The van der Waals surface area contributed by atoms with Crippen molar-refractivity contribution >= 4 is 29.5 Å². The topological polar surface area (TPSA) is 30.0 Å². The van der Waals surface area contributed by atoms with Gasteiger partial charge in [0.2, 0.25) is 0 Å². The predicted octanol–water partition coefficient (Wildman–Crippen LogP) is 4.89. The zero-order valence-corrected chi connectivity index (χ0v) is 11.2. The number of carbonyl (C=O) groups excluding carboxylic acids is 1. The average molecular weight is 320 g/mol. The highest BCUT2D eigenvalue weighted by Crippen LogP contribution is 2.42. The molecule has 104 valence electrons. The van der Waals surface area contributed by atoms with Crippen LogP contribution in [0.4, 0.5) is 13.2 Å². The van der Waals surface area contributed by atoms with Crippen LogP contribution in [0.3, 0.4) is 0 Å². The Morgan fingerprint density at radius 2 is 1.70 bits per heavy atom. The largest absolute Gasteiger partial charge is 0.419 e. The first-order valence-electron chi connectivity index (χ1n) is 5.32. The van der Waals surface area contributed by atoms with Gasteiger partial charge >= 0.3 is 6.18 Å². The Labute approximate surface area is 122 Å². The van der Waals surface area contributed by atoms with E-state index in [9.17, 15) is 18.0 Å². The first-order chi connectivity index (χ1) is 9.36. The number of carbonyl (C=O) groups is 1. The molecule has 0 unspecified atom stereocenters. The van der Waals surface area contributed by atoms with Crippen LogP contribution in [0, 0.1) is 0 Å². The molecule has 0 saturated carbocycles. The number of hydrogen-bond acceptors (Lipinski definition) is 2. The molecule has 0 amide bonds. The van der Waals surface area contributed by atoms with Gasteiger partial charge < -0.3 is 0 Å². The van der Waals surface area contributed by atoms with Crippen molar-refractivity contribution in [2.24, 2.45) is 0 Å². The van der Waals surface area contributed by atoms with Gasteiger partial charge in [-0.15, -0.1) is 0 Å². The van der Waals surface area contributed by atoms with E-state index in [0.29, 0.717) is 0 Å². The number of rotatable bonds is 2. The summed E-state index contributed by atoms with van der Waals surface area (Å²) in [6, 6.07) is 5.30. The van der Waals surface area contributed by atoms with Crippen molar-refractivity contribution in [3.8, 4) is 11.3 Å². The third-order valence-electron chi connectivity index (χ3n) is 2.59. The van der Waals surface area contributed by atoms with E-state index in [1.165, 1.54) is 18.2 Å². The van der Waals surface area contributed by atoms with Crippen molar-refractivity contribution in [3.05, 3.63) is 51.6 Å². The third kappa shape index (κ3) is 2.64. The Bertz CT molecular complexity index is 651. The summed E-state index contributed by atoms with van der Waals surface area (Å²) in [4.78, 5) is 14.5. The van der Waals surface area contributed by atoms with Gasteiger partial charge in [-0.05, 0) is 18.2 Å². The van der Waals surface area contributed by atoms with E-state index in [1.807, 2.05) is 0 Å². The minimum Gasteiger partial charge on any atom is -0.298 e. The molecule has 0 aliphatic carbocycles. The zero-order valence-electron chi connectivity index (χ0n) is 9.71. The second kappa shape index (κ2) is 5.42. The molecular weight excluding hydrogens is 314 g/mol. The average Bonchev–Trinajstić information content (AvgIpc) is 2.37. The van der Waals surface area contributed by atoms with E-state index in [2.05, 4.69) is 4.98 Å². The molecule has 1 aromatic heterocycles. The molecule has 0 fully saturated rings. The normalized spacial score (nSPS) is 11.4. The molecule has 2 aromatic rings. The Hall–Kier alpha value is -1.59. The van der Waals surface area contributed by atoms with Crippen LogP contribution < -0.4 is 0 Å². The molecule has 0 spiro atoms. The quantitative estimate of drug-likeness (QED) is 0.738. The fourth-order valence-corrected chi connectivity index (χ4v) is 2.36. The van der Waals surface area contributed by atoms with Crippen LogP contribution in [0.5, 0.6) is 0 Å². The van der Waals surface area contributed by atoms with Crippen LogP contribution in [0.2, 0.25) is 10.0 Å². The number of alkyl halides is 3. The number of aromatic nitrogens is 1. The Morgan fingerprint density at radius 3 is 2.20 bits per heavy atom. The lowest BCUT2D eigenvalue weighted by molar-refractivity contribution is -0.137. The number of halogens is 5.